The largest absolute Gasteiger partial charge is 0.481 e. The molecule has 5 aliphatic carbocycles. The summed E-state index contributed by atoms with van der Waals surface area (Å²) >= 11 is 6.10. The van der Waals surface area contributed by atoms with Crippen LogP contribution in [0.5, 0.6) is 0 Å². The highest BCUT2D eigenvalue weighted by Crippen LogP contribution is 2.78. The van der Waals surface area contributed by atoms with Crippen LogP contribution in [0.4, 0.5) is 0 Å². The molecule has 7 heteroatoms. The molecule has 1 aromatic rings. The number of rotatable bonds is 9. The lowest BCUT2D eigenvalue weighted by Gasteiger charge is -2.73. The number of carboxylic acids is 1. The quantitative estimate of drug-likeness (QED) is 0.196. The molecule has 1 aromatic carbocycles. The second-order valence-corrected chi connectivity index (χ2v) is 20.3. The predicted molar refractivity (Wildman–Crippen MR) is 203 cm³/mol. The fraction of sp³-hybridized carbons (Fsp3) is 0.750. The van der Waals surface area contributed by atoms with Crippen molar-refractivity contribution in [2.24, 2.45) is 62.1 Å². The van der Waals surface area contributed by atoms with Crippen molar-refractivity contribution in [3.05, 3.63) is 47.0 Å². The van der Waals surface area contributed by atoms with Crippen molar-refractivity contribution in [2.75, 3.05) is 0 Å². The zero-order chi connectivity index (χ0) is 37.4. The Kier molecular flexibility index (Phi) is 9.94. The molecule has 0 saturated heterocycles. The second kappa shape index (κ2) is 13.2. The van der Waals surface area contributed by atoms with E-state index in [9.17, 15) is 19.5 Å². The molecule has 0 aliphatic heterocycles. The zero-order valence-electron chi connectivity index (χ0n) is 32.6. The molecule has 6 nitrogen and oxygen atoms in total. The first kappa shape index (κ1) is 38.4. The highest BCUT2D eigenvalue weighted by atomic mass is 35.5. The van der Waals surface area contributed by atoms with Crippen molar-refractivity contribution in [1.82, 2.24) is 5.32 Å². The van der Waals surface area contributed by atoms with Crippen LogP contribution in [0, 0.1) is 62.1 Å². The third-order valence-electron chi connectivity index (χ3n) is 16.5. The zero-order valence-corrected chi connectivity index (χ0v) is 33.4. The number of benzene rings is 1. The van der Waals surface area contributed by atoms with Gasteiger partial charge in [0.25, 0.3) is 0 Å². The molecular weight excluding hydrogens is 658 g/mol. The smallest absolute Gasteiger partial charge is 0.309 e. The van der Waals surface area contributed by atoms with E-state index in [1.54, 1.807) is 13.8 Å². The monoisotopic (exact) mass is 721 g/mol. The normalized spacial score (nSPS) is 39.8. The predicted octanol–water partition coefficient (Wildman–Crippen LogP) is 10.4. The molecule has 0 bridgehead atoms. The van der Waals surface area contributed by atoms with Gasteiger partial charge in [-0.05, 0) is 154 Å². The molecule has 0 heterocycles. The first-order chi connectivity index (χ1) is 23.7. The molecule has 5 aliphatic rings. The summed E-state index contributed by atoms with van der Waals surface area (Å²) in [5.74, 6) is 1.28. The summed E-state index contributed by atoms with van der Waals surface area (Å²) < 4.78 is 6.18. The number of carboxylic acid groups (broad SMARTS) is 1. The lowest BCUT2D eigenvalue weighted by molar-refractivity contribution is -0.250. The maximum absolute atomic E-state index is 13.7. The van der Waals surface area contributed by atoms with Crippen LogP contribution in [0.15, 0.2) is 36.4 Å². The topological polar surface area (TPSA) is 92.7 Å². The van der Waals surface area contributed by atoms with Gasteiger partial charge >= 0.3 is 11.9 Å². The number of nitrogens with one attached hydrogen (secondary N) is 1. The molecule has 6 rings (SSSR count). The third-order valence-corrected chi connectivity index (χ3v) is 16.8. The minimum atomic E-state index is -1.15. The summed E-state index contributed by atoms with van der Waals surface area (Å²) in [5.41, 5.74) is 1.51. The van der Waals surface area contributed by atoms with E-state index in [-0.39, 0.29) is 45.5 Å². The Morgan fingerprint density at radius 3 is 2.24 bits per heavy atom. The lowest BCUT2D eigenvalue weighted by Crippen LogP contribution is -2.67. The molecule has 0 spiro atoms. The van der Waals surface area contributed by atoms with Gasteiger partial charge in [-0.3, -0.25) is 14.4 Å². The van der Waals surface area contributed by atoms with E-state index >= 15 is 0 Å². The Hall–Kier alpha value is -2.34. The number of halogens is 1. The summed E-state index contributed by atoms with van der Waals surface area (Å²) in [7, 11) is 0. The van der Waals surface area contributed by atoms with Crippen molar-refractivity contribution in [1.29, 1.82) is 0 Å². The number of fused-ring (bicyclic) bond motifs is 7. The van der Waals surface area contributed by atoms with E-state index in [0.717, 1.165) is 50.5 Å². The van der Waals surface area contributed by atoms with Gasteiger partial charge in [0, 0.05) is 23.4 Å². The fourth-order valence-electron chi connectivity index (χ4n) is 13.6. The summed E-state index contributed by atoms with van der Waals surface area (Å²) in [5, 5.41) is 13.6. The molecule has 282 valence electrons. The highest BCUT2D eigenvalue weighted by molar-refractivity contribution is 6.30. The van der Waals surface area contributed by atoms with Gasteiger partial charge in [0.05, 0.1) is 11.8 Å². The van der Waals surface area contributed by atoms with Gasteiger partial charge in [-0.15, -0.1) is 0 Å². The number of amides is 1. The van der Waals surface area contributed by atoms with Crippen LogP contribution >= 0.6 is 11.6 Å². The number of carbonyl (C=O) groups is 3. The van der Waals surface area contributed by atoms with Crippen molar-refractivity contribution in [3.8, 4) is 0 Å². The van der Waals surface area contributed by atoms with Crippen LogP contribution in [0.2, 0.25) is 5.02 Å². The van der Waals surface area contributed by atoms with E-state index in [2.05, 4.69) is 53.4 Å². The summed E-state index contributed by atoms with van der Waals surface area (Å²) in [6.45, 7) is 22.9. The average molecular weight is 722 g/mol. The van der Waals surface area contributed by atoms with E-state index < -0.39 is 17.4 Å². The van der Waals surface area contributed by atoms with Crippen molar-refractivity contribution >= 4 is 29.4 Å². The average Bonchev–Trinajstić information content (AvgIpc) is 3.42. The summed E-state index contributed by atoms with van der Waals surface area (Å²) in [6, 6.07) is 7.73. The highest BCUT2D eigenvalue weighted by Gasteiger charge is 2.71. The molecule has 0 radical (unpaired) electrons. The number of aliphatic carboxylic acids is 1. The molecule has 2 N–H and O–H groups in total. The van der Waals surface area contributed by atoms with Crippen LogP contribution in [-0.4, -0.2) is 29.1 Å². The van der Waals surface area contributed by atoms with Crippen LogP contribution < -0.4 is 5.32 Å². The van der Waals surface area contributed by atoms with Crippen molar-refractivity contribution in [2.45, 2.75) is 145 Å². The number of ether oxygens (including phenoxy) is 1. The van der Waals surface area contributed by atoms with Gasteiger partial charge < -0.3 is 15.2 Å². The van der Waals surface area contributed by atoms with E-state index in [1.807, 2.05) is 24.3 Å². The number of esters is 1. The summed E-state index contributed by atoms with van der Waals surface area (Å²) in [6.07, 6.45) is 11.3. The number of carbonyl (C=O) groups excluding carboxylic acids is 2. The van der Waals surface area contributed by atoms with Crippen LogP contribution in [0.1, 0.15) is 138 Å². The molecule has 5 fully saturated rings. The van der Waals surface area contributed by atoms with Gasteiger partial charge in [0.2, 0.25) is 5.91 Å². The van der Waals surface area contributed by atoms with Gasteiger partial charge in [-0.2, -0.15) is 0 Å². The molecule has 10 atom stereocenters. The Labute approximate surface area is 312 Å². The van der Waals surface area contributed by atoms with Gasteiger partial charge in [0.1, 0.15) is 6.10 Å². The van der Waals surface area contributed by atoms with Crippen LogP contribution in [0.25, 0.3) is 0 Å². The van der Waals surface area contributed by atoms with Crippen molar-refractivity contribution < 1.29 is 24.2 Å². The molecule has 0 aromatic heterocycles. The lowest BCUT2D eigenvalue weighted by atomic mass is 9.32. The molecule has 1 amide bonds. The number of allylic oxidation sites excluding steroid dienone is 1. The first-order valence-electron chi connectivity index (χ1n) is 19.8. The van der Waals surface area contributed by atoms with Crippen molar-refractivity contribution in [3.63, 3.8) is 0 Å². The number of hydrogen-bond donors (Lipinski definition) is 2. The fourth-order valence-corrected chi connectivity index (χ4v) is 13.7. The van der Waals surface area contributed by atoms with Gasteiger partial charge in [-0.25, -0.2) is 0 Å². The SMILES string of the molecule is C=C(C)[C@@H]1CC[C@]2(CC(=O)NCc3ccc(Cl)cc3)CC[C@]3(C)[C@H](CC[C@@H]4[C@@]5(C)CC[C@H](OC(=O)CC(C)(C)C(=O)O)C(C)(C)[C@@H]5CC[C@]43C)[C@@H]12. The van der Waals surface area contributed by atoms with E-state index in [1.165, 1.54) is 24.8 Å². The first-order valence-corrected chi connectivity index (χ1v) is 20.2. The van der Waals surface area contributed by atoms with Crippen LogP contribution in [0.3, 0.4) is 0 Å². The maximum Gasteiger partial charge on any atom is 0.309 e. The Balaban J connectivity index is 1.22. The maximum atomic E-state index is 13.7. The molecular formula is C44H64ClNO5. The standard InChI is InChI=1S/C44H64ClNO5/c1-27(2)30-16-21-44(24-35(47)46-26-28-10-12-29(45)13-11-28)23-22-42(8)31(37(30)44)14-15-33-41(7)19-18-34(51-36(48)25-39(3,4)38(49)50)40(5,6)32(41)17-20-43(33,42)9/h10-13,30-34,37H,1,14-26H2,2-9H3,(H,46,47)(H,49,50)/t30-,31+,32-,33+,34-,37+,41-,42+,43+,44+/m0/s1. The molecule has 0 unspecified atom stereocenters. The van der Waals surface area contributed by atoms with Gasteiger partial charge in [0.15, 0.2) is 0 Å². The second-order valence-electron chi connectivity index (χ2n) is 19.8. The van der Waals surface area contributed by atoms with E-state index in [0.29, 0.717) is 47.6 Å². The molecule has 5 saturated carbocycles. The van der Waals surface area contributed by atoms with Gasteiger partial charge in [-0.1, -0.05) is 70.5 Å². The Morgan fingerprint density at radius 1 is 0.902 bits per heavy atom. The summed E-state index contributed by atoms with van der Waals surface area (Å²) in [4.78, 5) is 38.5. The third kappa shape index (κ3) is 6.29. The minimum absolute atomic E-state index is 0.0152. The Bertz CT molecular complexity index is 1550. The number of hydrogen-bond acceptors (Lipinski definition) is 4. The van der Waals surface area contributed by atoms with Crippen LogP contribution in [-0.2, 0) is 25.7 Å². The molecule has 51 heavy (non-hydrogen) atoms. The Morgan fingerprint density at radius 2 is 1.59 bits per heavy atom. The van der Waals surface area contributed by atoms with E-state index in [4.69, 9.17) is 16.3 Å². The minimum Gasteiger partial charge on any atom is -0.481 e.